The van der Waals surface area contributed by atoms with Gasteiger partial charge in [0, 0.05) is 60.7 Å². The van der Waals surface area contributed by atoms with Crippen LogP contribution in [0, 0.1) is 19.8 Å². The molecule has 0 unspecified atom stereocenters. The fourth-order valence-electron chi connectivity index (χ4n) is 4.41. The smallest absolute Gasteiger partial charge is 0.0420 e. The van der Waals surface area contributed by atoms with Crippen molar-refractivity contribution >= 4 is 17.1 Å². The van der Waals surface area contributed by atoms with Crippen LogP contribution in [-0.4, -0.2) is 19.6 Å². The van der Waals surface area contributed by atoms with Crippen LogP contribution in [0.4, 0.5) is 11.4 Å². The third-order valence-electron chi connectivity index (χ3n) is 7.58. The Hall–Kier alpha value is -3.66. The van der Waals surface area contributed by atoms with Gasteiger partial charge in [0.15, 0.2) is 0 Å². The van der Waals surface area contributed by atoms with E-state index in [4.69, 9.17) is 0 Å². The lowest BCUT2D eigenvalue weighted by Gasteiger charge is -2.25. The fraction of sp³-hybridized carbons (Fsp3) is 0.421. The SMILES string of the molecule is C=C(C)C1CC1.C=C(Nc1cc(C(=C)NCCC2=CN2)ccc1C)/C(C)=C/C.CCCN(CCC)c1ccccc1C. The second-order valence-electron chi connectivity index (χ2n) is 11.5. The molecule has 4 heteroatoms. The molecule has 0 atom stereocenters. The maximum absolute atomic E-state index is 4.13. The van der Waals surface area contributed by atoms with Gasteiger partial charge in [-0.25, -0.2) is 0 Å². The van der Waals surface area contributed by atoms with Gasteiger partial charge < -0.3 is 20.9 Å². The van der Waals surface area contributed by atoms with Gasteiger partial charge in [0.05, 0.1) is 0 Å². The van der Waals surface area contributed by atoms with Crippen molar-refractivity contribution in [2.45, 2.75) is 80.6 Å². The molecule has 2 aliphatic rings. The van der Waals surface area contributed by atoms with Crippen molar-refractivity contribution in [1.82, 2.24) is 10.6 Å². The second kappa shape index (κ2) is 18.0. The zero-order chi connectivity index (χ0) is 31.1. The zero-order valence-electron chi connectivity index (χ0n) is 27.5. The van der Waals surface area contributed by atoms with Crippen LogP contribution in [0.3, 0.4) is 0 Å². The lowest BCUT2D eigenvalue weighted by molar-refractivity contribution is 0.743. The van der Waals surface area contributed by atoms with Crippen LogP contribution in [0.5, 0.6) is 0 Å². The molecular formula is C38H56N4. The van der Waals surface area contributed by atoms with Crippen LogP contribution in [-0.2, 0) is 0 Å². The number of hydrogen-bond donors (Lipinski definition) is 3. The van der Waals surface area contributed by atoms with Crippen molar-refractivity contribution < 1.29 is 0 Å². The molecule has 0 saturated heterocycles. The minimum absolute atomic E-state index is 0.888. The van der Waals surface area contributed by atoms with Crippen LogP contribution in [0.1, 0.15) is 83.4 Å². The molecular weight excluding hydrogens is 512 g/mol. The van der Waals surface area contributed by atoms with Crippen LogP contribution >= 0.6 is 0 Å². The molecule has 0 amide bonds. The molecule has 0 spiro atoms. The Morgan fingerprint density at radius 2 is 1.62 bits per heavy atom. The van der Waals surface area contributed by atoms with E-state index in [1.165, 1.54) is 66.9 Å². The first-order chi connectivity index (χ1) is 20.1. The number of nitrogens with one attached hydrogen (secondary N) is 3. The van der Waals surface area contributed by atoms with Crippen LogP contribution in [0.15, 0.2) is 97.0 Å². The second-order valence-corrected chi connectivity index (χ2v) is 11.5. The Bertz CT molecular complexity index is 1240. The van der Waals surface area contributed by atoms with E-state index >= 15 is 0 Å². The predicted molar refractivity (Wildman–Crippen MR) is 188 cm³/mol. The summed E-state index contributed by atoms with van der Waals surface area (Å²) in [7, 11) is 0. The summed E-state index contributed by atoms with van der Waals surface area (Å²) >= 11 is 0. The Morgan fingerprint density at radius 1 is 0.976 bits per heavy atom. The first-order valence-electron chi connectivity index (χ1n) is 15.7. The summed E-state index contributed by atoms with van der Waals surface area (Å²) < 4.78 is 0. The highest BCUT2D eigenvalue weighted by atomic mass is 15.1. The topological polar surface area (TPSA) is 49.2 Å². The number of para-hydroxylation sites is 1. The number of anilines is 2. The van der Waals surface area contributed by atoms with Crippen molar-refractivity contribution in [2.75, 3.05) is 29.9 Å². The summed E-state index contributed by atoms with van der Waals surface area (Å²) in [6.45, 7) is 30.2. The minimum atomic E-state index is 0.888. The van der Waals surface area contributed by atoms with E-state index in [1.54, 1.807) is 0 Å². The van der Waals surface area contributed by atoms with Gasteiger partial charge in [-0.3, -0.25) is 0 Å². The first kappa shape index (κ1) is 34.5. The van der Waals surface area contributed by atoms with E-state index in [-0.39, 0.29) is 0 Å². The number of hydrogen-bond acceptors (Lipinski definition) is 4. The molecule has 42 heavy (non-hydrogen) atoms. The third-order valence-corrected chi connectivity index (χ3v) is 7.58. The van der Waals surface area contributed by atoms with Gasteiger partial charge in [0.2, 0.25) is 0 Å². The van der Waals surface area contributed by atoms with E-state index in [2.05, 4.69) is 131 Å². The number of nitrogens with zero attached hydrogens (tertiary/aromatic N) is 1. The van der Waals surface area contributed by atoms with Gasteiger partial charge in [-0.05, 0) is 101 Å². The van der Waals surface area contributed by atoms with E-state index in [0.29, 0.717) is 0 Å². The molecule has 228 valence electrons. The number of benzene rings is 2. The molecule has 4 nitrogen and oxygen atoms in total. The zero-order valence-corrected chi connectivity index (χ0v) is 27.5. The minimum Gasteiger partial charge on any atom is -0.385 e. The van der Waals surface area contributed by atoms with Gasteiger partial charge in [0.25, 0.3) is 0 Å². The van der Waals surface area contributed by atoms with E-state index in [0.717, 1.165) is 47.1 Å². The van der Waals surface area contributed by atoms with Crippen LogP contribution < -0.4 is 20.9 Å². The highest BCUT2D eigenvalue weighted by Gasteiger charge is 2.20. The summed E-state index contributed by atoms with van der Waals surface area (Å²) in [5.74, 6) is 0.907. The van der Waals surface area contributed by atoms with Crippen molar-refractivity contribution in [3.05, 3.63) is 114 Å². The van der Waals surface area contributed by atoms with Gasteiger partial charge in [-0.2, -0.15) is 0 Å². The van der Waals surface area contributed by atoms with Crippen molar-refractivity contribution in [3.63, 3.8) is 0 Å². The fourth-order valence-corrected chi connectivity index (χ4v) is 4.41. The van der Waals surface area contributed by atoms with Crippen molar-refractivity contribution in [2.24, 2.45) is 5.92 Å². The van der Waals surface area contributed by atoms with Gasteiger partial charge in [-0.1, -0.05) is 75.6 Å². The number of allylic oxidation sites excluding steroid dienone is 3. The Balaban J connectivity index is 0.000000260. The molecule has 2 aromatic carbocycles. The van der Waals surface area contributed by atoms with E-state index in [1.807, 2.05) is 13.1 Å². The molecule has 1 aliphatic heterocycles. The summed E-state index contributed by atoms with van der Waals surface area (Å²) in [6, 6.07) is 15.0. The number of aryl methyl sites for hydroxylation is 2. The Labute approximate surface area is 257 Å². The molecule has 2 aromatic rings. The molecule has 4 rings (SSSR count). The average Bonchev–Trinajstić information content (AvgIpc) is 3.89. The lowest BCUT2D eigenvalue weighted by Crippen LogP contribution is -2.25. The highest BCUT2D eigenvalue weighted by molar-refractivity contribution is 5.69. The summed E-state index contributed by atoms with van der Waals surface area (Å²) in [6.07, 6.45) is 10.3. The lowest BCUT2D eigenvalue weighted by atomic mass is 10.1. The Kier molecular flexibility index (Phi) is 14.8. The van der Waals surface area contributed by atoms with Crippen LogP contribution in [0.25, 0.3) is 5.70 Å². The normalized spacial score (nSPS) is 13.2. The maximum atomic E-state index is 4.13. The van der Waals surface area contributed by atoms with Gasteiger partial charge in [-0.15, -0.1) is 0 Å². The molecule has 0 bridgehead atoms. The maximum Gasteiger partial charge on any atom is 0.0420 e. The monoisotopic (exact) mass is 568 g/mol. The standard InChI is InChI=1S/C19H25N3.C13H21N.C6H10/c1-6-13(2)15(4)22-19-11-17(8-7-14(19)3)16(5)20-10-9-18-12-21-18;1-4-10-14(11-5-2)13-9-7-6-8-12(13)3;1-5(2)6-3-4-6/h6-8,11-12,20-22H,4-5,9-10H2,1-3H3;6-9H,4-5,10-11H2,1-3H3;6H,1,3-4H2,2H3/b13-6+;;. The molecule has 1 saturated carbocycles. The molecule has 0 radical (unpaired) electrons. The molecule has 3 N–H and O–H groups in total. The van der Waals surface area contributed by atoms with Gasteiger partial charge >= 0.3 is 0 Å². The summed E-state index contributed by atoms with van der Waals surface area (Å²) in [4.78, 5) is 2.48. The molecule has 0 aromatic heterocycles. The van der Waals surface area contributed by atoms with E-state index in [9.17, 15) is 0 Å². The first-order valence-corrected chi connectivity index (χ1v) is 15.7. The van der Waals surface area contributed by atoms with Crippen LogP contribution in [0.2, 0.25) is 0 Å². The van der Waals surface area contributed by atoms with E-state index < -0.39 is 0 Å². The summed E-state index contributed by atoms with van der Waals surface area (Å²) in [5, 5.41) is 9.86. The van der Waals surface area contributed by atoms with Crippen molar-refractivity contribution in [1.29, 1.82) is 0 Å². The van der Waals surface area contributed by atoms with Crippen molar-refractivity contribution in [3.8, 4) is 0 Å². The quantitative estimate of drug-likeness (QED) is 0.157. The molecule has 1 aliphatic carbocycles. The summed E-state index contributed by atoms with van der Waals surface area (Å²) in [5.41, 5.74) is 11.8. The predicted octanol–water partition coefficient (Wildman–Crippen LogP) is 9.88. The average molecular weight is 569 g/mol. The number of rotatable bonds is 14. The molecule has 1 heterocycles. The Morgan fingerprint density at radius 3 is 2.12 bits per heavy atom. The highest BCUT2D eigenvalue weighted by Crippen LogP contribution is 2.34. The van der Waals surface area contributed by atoms with Gasteiger partial charge in [0.1, 0.15) is 0 Å². The third kappa shape index (κ3) is 12.5. The molecule has 1 fully saturated rings. The largest absolute Gasteiger partial charge is 0.385 e.